The number of nitrogens with zero attached hydrogens (tertiary/aromatic N) is 8. The predicted octanol–water partition coefficient (Wildman–Crippen LogP) is 11.4. The van der Waals surface area contributed by atoms with Gasteiger partial charge >= 0.3 is 0 Å². The molecular weight excluding hydrogens is 725 g/mol. The number of aryl methyl sites for hydroxylation is 2. The molecule has 0 atom stereocenters. The molecule has 9 aromatic rings. The molecule has 9 rings (SSSR count). The summed E-state index contributed by atoms with van der Waals surface area (Å²) in [5.41, 5.74) is 10.7. The highest BCUT2D eigenvalue weighted by atomic mass is 15.0. The van der Waals surface area contributed by atoms with Crippen molar-refractivity contribution in [1.29, 1.82) is 21.0 Å². The van der Waals surface area contributed by atoms with Crippen LogP contribution >= 0.6 is 0 Å². The van der Waals surface area contributed by atoms with E-state index in [-0.39, 0.29) is 0 Å². The summed E-state index contributed by atoms with van der Waals surface area (Å²) in [5.74, 6) is 1.32. The van der Waals surface area contributed by atoms with Crippen LogP contribution in [-0.4, -0.2) is 19.5 Å². The van der Waals surface area contributed by atoms with Gasteiger partial charge in [0.05, 0.1) is 63.3 Å². The average molecular weight is 755 g/mol. The third-order valence-electron chi connectivity index (χ3n) is 10.5. The summed E-state index contributed by atoms with van der Waals surface area (Å²) < 4.78 is 2.19. The zero-order valence-corrected chi connectivity index (χ0v) is 31.9. The molecule has 0 aliphatic heterocycles. The second-order valence-corrected chi connectivity index (χ2v) is 14.3. The first-order valence-electron chi connectivity index (χ1n) is 18.8. The van der Waals surface area contributed by atoms with Gasteiger partial charge in [0.15, 0.2) is 17.5 Å². The van der Waals surface area contributed by atoms with Crippen LogP contribution in [0, 0.1) is 59.2 Å². The fourth-order valence-corrected chi connectivity index (χ4v) is 7.73. The molecule has 7 aromatic carbocycles. The fourth-order valence-electron chi connectivity index (χ4n) is 7.73. The van der Waals surface area contributed by atoms with E-state index in [1.807, 2.05) is 72.8 Å². The van der Waals surface area contributed by atoms with Gasteiger partial charge in [-0.3, -0.25) is 0 Å². The number of rotatable bonds is 6. The van der Waals surface area contributed by atoms with Crippen molar-refractivity contribution in [3.05, 3.63) is 179 Å². The summed E-state index contributed by atoms with van der Waals surface area (Å²) in [7, 11) is 0. The molecule has 274 valence electrons. The van der Waals surface area contributed by atoms with Gasteiger partial charge in [-0.2, -0.15) is 21.0 Å². The smallest absolute Gasteiger partial charge is 0.164 e. The van der Waals surface area contributed by atoms with Gasteiger partial charge in [0, 0.05) is 49.7 Å². The van der Waals surface area contributed by atoms with Gasteiger partial charge in [-0.15, -0.1) is 0 Å². The van der Waals surface area contributed by atoms with Crippen molar-refractivity contribution in [3.8, 4) is 86.4 Å². The Kier molecular flexibility index (Phi) is 9.00. The van der Waals surface area contributed by atoms with E-state index < -0.39 is 0 Å². The summed E-state index contributed by atoms with van der Waals surface area (Å²) in [4.78, 5) is 15.1. The van der Waals surface area contributed by atoms with Crippen molar-refractivity contribution < 1.29 is 0 Å². The maximum Gasteiger partial charge on any atom is 0.164 e. The normalized spacial score (nSPS) is 10.8. The van der Waals surface area contributed by atoms with E-state index in [1.165, 1.54) is 0 Å². The van der Waals surface area contributed by atoms with Crippen molar-refractivity contribution in [1.82, 2.24) is 19.5 Å². The summed E-state index contributed by atoms with van der Waals surface area (Å²) in [5, 5.41) is 43.3. The van der Waals surface area contributed by atoms with Crippen molar-refractivity contribution in [2.75, 3.05) is 0 Å². The molecule has 0 bridgehead atoms. The molecule has 2 heterocycles. The van der Waals surface area contributed by atoms with E-state index in [0.717, 1.165) is 44.1 Å². The monoisotopic (exact) mass is 754 g/mol. The Morgan fingerprint density at radius 2 is 0.831 bits per heavy atom. The number of aromatic nitrogens is 4. The van der Waals surface area contributed by atoms with Crippen LogP contribution in [0.2, 0.25) is 0 Å². The van der Waals surface area contributed by atoms with E-state index in [4.69, 9.17) is 15.0 Å². The summed E-state index contributed by atoms with van der Waals surface area (Å²) in [6.07, 6.45) is 0. The minimum absolute atomic E-state index is 0.298. The topological polar surface area (TPSA) is 139 Å². The number of nitriles is 4. The standard InChI is InChI=1S/C51H30N8/c1-31-13-19-46-42(21-31)43-22-32(2)14-20-47(43)59(46)48-44(40-17-15-33(27-52)23-38(40)29-54)25-37(26-45(48)41-18-16-34(28-53)24-39(41)30-55)51-57-49(35-9-5-3-6-10-35)56-50(58-51)36-11-7-4-8-12-36/h3-26H,1-2H3. The van der Waals surface area contributed by atoms with Gasteiger partial charge in [-0.25, -0.2) is 15.0 Å². The second kappa shape index (κ2) is 14.8. The lowest BCUT2D eigenvalue weighted by molar-refractivity contribution is 1.07. The molecule has 2 aromatic heterocycles. The highest BCUT2D eigenvalue weighted by Crippen LogP contribution is 2.45. The Hall–Kier alpha value is -8.69. The molecule has 0 N–H and O–H groups in total. The Balaban J connectivity index is 1.48. The van der Waals surface area contributed by atoms with Crippen LogP contribution in [0.1, 0.15) is 33.4 Å². The van der Waals surface area contributed by atoms with Gasteiger partial charge in [0.25, 0.3) is 0 Å². The summed E-state index contributed by atoms with van der Waals surface area (Å²) >= 11 is 0. The lowest BCUT2D eigenvalue weighted by atomic mass is 9.88. The van der Waals surface area contributed by atoms with Crippen molar-refractivity contribution in [3.63, 3.8) is 0 Å². The first kappa shape index (κ1) is 36.0. The lowest BCUT2D eigenvalue weighted by Gasteiger charge is -2.22. The van der Waals surface area contributed by atoms with E-state index in [2.05, 4.69) is 79.1 Å². The summed E-state index contributed by atoms with van der Waals surface area (Å²) in [6, 6.07) is 55.3. The SMILES string of the molecule is Cc1ccc2c(c1)c1cc(C)ccc1n2-c1c(-c2ccc(C#N)cc2C#N)cc(-c2nc(-c3ccccc3)nc(-c3ccccc3)n2)cc1-c1ccc(C#N)cc1C#N. The van der Waals surface area contributed by atoms with Gasteiger partial charge in [-0.05, 0) is 74.5 Å². The molecule has 0 amide bonds. The average Bonchev–Trinajstić information content (AvgIpc) is 3.60. The minimum atomic E-state index is 0.298. The molecule has 8 heteroatoms. The zero-order valence-electron chi connectivity index (χ0n) is 31.9. The Bertz CT molecular complexity index is 3120. The molecule has 0 aliphatic rings. The van der Waals surface area contributed by atoms with Gasteiger partial charge < -0.3 is 4.57 Å². The predicted molar refractivity (Wildman–Crippen MR) is 230 cm³/mol. The van der Waals surface area contributed by atoms with Crippen LogP contribution in [0.25, 0.3) is 83.9 Å². The van der Waals surface area contributed by atoms with Crippen LogP contribution in [0.5, 0.6) is 0 Å². The molecule has 0 unspecified atom stereocenters. The van der Waals surface area contributed by atoms with E-state index in [9.17, 15) is 21.0 Å². The Morgan fingerprint density at radius 1 is 0.407 bits per heavy atom. The van der Waals surface area contributed by atoms with Gasteiger partial charge in [0.2, 0.25) is 0 Å². The van der Waals surface area contributed by atoms with Crippen LogP contribution in [-0.2, 0) is 0 Å². The largest absolute Gasteiger partial charge is 0.308 e. The highest BCUT2D eigenvalue weighted by Gasteiger charge is 2.26. The molecule has 0 radical (unpaired) electrons. The maximum atomic E-state index is 10.7. The first-order valence-corrected chi connectivity index (χ1v) is 18.8. The third-order valence-corrected chi connectivity index (χ3v) is 10.5. The molecule has 8 nitrogen and oxygen atoms in total. The molecule has 59 heavy (non-hydrogen) atoms. The van der Waals surface area contributed by atoms with E-state index >= 15 is 0 Å². The molecule has 0 spiro atoms. The van der Waals surface area contributed by atoms with Crippen molar-refractivity contribution in [2.24, 2.45) is 0 Å². The third kappa shape index (κ3) is 6.40. The zero-order chi connectivity index (χ0) is 40.6. The number of hydrogen-bond donors (Lipinski definition) is 0. The van der Waals surface area contributed by atoms with Crippen LogP contribution < -0.4 is 0 Å². The number of benzene rings is 7. The molecular formula is C51H30N8. The Morgan fingerprint density at radius 3 is 1.24 bits per heavy atom. The van der Waals surface area contributed by atoms with Crippen LogP contribution in [0.15, 0.2) is 146 Å². The summed E-state index contributed by atoms with van der Waals surface area (Å²) in [6.45, 7) is 4.14. The van der Waals surface area contributed by atoms with Crippen LogP contribution in [0.4, 0.5) is 0 Å². The van der Waals surface area contributed by atoms with E-state index in [0.29, 0.717) is 73.2 Å². The molecule has 0 aliphatic carbocycles. The van der Waals surface area contributed by atoms with Crippen molar-refractivity contribution >= 4 is 21.8 Å². The molecule has 0 saturated heterocycles. The van der Waals surface area contributed by atoms with Crippen LogP contribution in [0.3, 0.4) is 0 Å². The van der Waals surface area contributed by atoms with Gasteiger partial charge in [0.1, 0.15) is 0 Å². The lowest BCUT2D eigenvalue weighted by Crippen LogP contribution is -2.05. The second-order valence-electron chi connectivity index (χ2n) is 14.3. The maximum absolute atomic E-state index is 10.7. The highest BCUT2D eigenvalue weighted by molar-refractivity contribution is 6.11. The minimum Gasteiger partial charge on any atom is -0.308 e. The fraction of sp³-hybridized carbons (Fsp3) is 0.0392. The quantitative estimate of drug-likeness (QED) is 0.165. The molecule has 0 fully saturated rings. The van der Waals surface area contributed by atoms with Crippen molar-refractivity contribution in [2.45, 2.75) is 13.8 Å². The number of fused-ring (bicyclic) bond motifs is 3. The first-order chi connectivity index (χ1) is 28.9. The van der Waals surface area contributed by atoms with Gasteiger partial charge in [-0.1, -0.05) is 96.1 Å². The number of hydrogen-bond acceptors (Lipinski definition) is 7. The molecule has 0 saturated carbocycles. The Labute approximate surface area is 340 Å². The van der Waals surface area contributed by atoms with E-state index in [1.54, 1.807) is 36.4 Å².